The number of halogens is 1. The lowest BCUT2D eigenvalue weighted by Crippen LogP contribution is -2.42. The van der Waals surface area contributed by atoms with E-state index in [4.69, 9.17) is 9.73 Å². The highest BCUT2D eigenvalue weighted by atomic mass is 127. The van der Waals surface area contributed by atoms with Gasteiger partial charge in [0, 0.05) is 19.1 Å². The number of carbonyl (C=O) groups is 1. The highest BCUT2D eigenvalue weighted by Crippen LogP contribution is 2.40. The first kappa shape index (κ1) is 24.8. The predicted molar refractivity (Wildman–Crippen MR) is 133 cm³/mol. The van der Waals surface area contributed by atoms with E-state index < -0.39 is 0 Å². The number of guanidine groups is 1. The number of rotatable bonds is 10. The number of ether oxygens (including phenoxy) is 1. The van der Waals surface area contributed by atoms with Gasteiger partial charge >= 0.3 is 0 Å². The third kappa shape index (κ3) is 7.96. The molecule has 2 aliphatic rings. The van der Waals surface area contributed by atoms with Crippen molar-refractivity contribution in [1.82, 2.24) is 16.0 Å². The number of amides is 1. The molecular formula is C23H37IN4O2. The Balaban J connectivity index is 0.00000320. The lowest BCUT2D eigenvalue weighted by molar-refractivity contribution is -0.123. The van der Waals surface area contributed by atoms with Gasteiger partial charge in [-0.1, -0.05) is 31.9 Å². The van der Waals surface area contributed by atoms with Crippen LogP contribution in [0.4, 0.5) is 0 Å². The van der Waals surface area contributed by atoms with Crippen molar-refractivity contribution in [2.24, 2.45) is 10.4 Å². The molecule has 0 unspecified atom stereocenters. The summed E-state index contributed by atoms with van der Waals surface area (Å²) in [5, 5.41) is 9.85. The third-order valence-corrected chi connectivity index (χ3v) is 6.02. The molecule has 3 rings (SSSR count). The van der Waals surface area contributed by atoms with Gasteiger partial charge in [0.15, 0.2) is 12.6 Å². The van der Waals surface area contributed by atoms with E-state index in [9.17, 15) is 4.79 Å². The second kappa shape index (κ2) is 12.4. The zero-order valence-electron chi connectivity index (χ0n) is 18.3. The molecule has 2 saturated carbocycles. The Morgan fingerprint density at radius 1 is 1.20 bits per heavy atom. The van der Waals surface area contributed by atoms with Crippen molar-refractivity contribution in [2.45, 2.75) is 71.4 Å². The van der Waals surface area contributed by atoms with Gasteiger partial charge in [-0.2, -0.15) is 0 Å². The number of hydrogen-bond acceptors (Lipinski definition) is 3. The van der Waals surface area contributed by atoms with Crippen molar-refractivity contribution in [3.8, 4) is 5.75 Å². The first-order chi connectivity index (χ1) is 14.1. The summed E-state index contributed by atoms with van der Waals surface area (Å²) in [6.07, 6.45) is 8.69. The molecule has 0 radical (unpaired) electrons. The fourth-order valence-electron chi connectivity index (χ4n) is 3.94. The Bertz CT molecular complexity index is 700. The number of hydrogen-bond donors (Lipinski definition) is 3. The fourth-order valence-corrected chi connectivity index (χ4v) is 3.94. The second-order valence-corrected chi connectivity index (χ2v) is 8.39. The molecule has 0 heterocycles. The van der Waals surface area contributed by atoms with Gasteiger partial charge in [0.1, 0.15) is 5.75 Å². The van der Waals surface area contributed by atoms with Crippen LogP contribution in [0.1, 0.15) is 64.4 Å². The number of aliphatic imine (C=N–C) groups is 1. The van der Waals surface area contributed by atoms with E-state index in [0.29, 0.717) is 23.8 Å². The Kier molecular flexibility index (Phi) is 10.2. The Labute approximate surface area is 198 Å². The van der Waals surface area contributed by atoms with E-state index in [2.05, 4.69) is 29.8 Å². The smallest absolute Gasteiger partial charge is 0.258 e. The SMILES string of the molecule is CCNC(=NCc1cccc(OCC(=O)NC2CC2)c1)NCC1(CC)CCCC1.I. The summed E-state index contributed by atoms with van der Waals surface area (Å²) in [7, 11) is 0. The lowest BCUT2D eigenvalue weighted by atomic mass is 9.83. The first-order valence-corrected chi connectivity index (χ1v) is 11.2. The maximum Gasteiger partial charge on any atom is 0.258 e. The molecule has 0 spiro atoms. The minimum atomic E-state index is -0.0497. The summed E-state index contributed by atoms with van der Waals surface area (Å²) in [6, 6.07) is 8.19. The van der Waals surface area contributed by atoms with E-state index in [1.165, 1.54) is 32.1 Å². The minimum Gasteiger partial charge on any atom is -0.484 e. The molecule has 0 saturated heterocycles. The molecule has 30 heavy (non-hydrogen) atoms. The maximum absolute atomic E-state index is 11.8. The average molecular weight is 528 g/mol. The van der Waals surface area contributed by atoms with Gasteiger partial charge in [0.2, 0.25) is 0 Å². The summed E-state index contributed by atoms with van der Waals surface area (Å²) in [5.41, 5.74) is 1.48. The van der Waals surface area contributed by atoms with Gasteiger partial charge in [0.05, 0.1) is 6.54 Å². The summed E-state index contributed by atoms with van der Waals surface area (Å²) in [5.74, 6) is 1.52. The van der Waals surface area contributed by atoms with Crippen LogP contribution in [0, 0.1) is 5.41 Å². The van der Waals surface area contributed by atoms with Crippen LogP contribution in [0.5, 0.6) is 5.75 Å². The highest BCUT2D eigenvalue weighted by Gasteiger charge is 2.31. The fraction of sp³-hybridized carbons (Fsp3) is 0.652. The number of carbonyl (C=O) groups excluding carboxylic acids is 1. The van der Waals surface area contributed by atoms with Gasteiger partial charge < -0.3 is 20.7 Å². The van der Waals surface area contributed by atoms with Crippen LogP contribution in [0.2, 0.25) is 0 Å². The number of nitrogens with one attached hydrogen (secondary N) is 3. The summed E-state index contributed by atoms with van der Waals surface area (Å²) < 4.78 is 5.64. The van der Waals surface area contributed by atoms with Crippen LogP contribution in [-0.4, -0.2) is 37.6 Å². The lowest BCUT2D eigenvalue weighted by Gasteiger charge is -2.28. The zero-order valence-corrected chi connectivity index (χ0v) is 20.7. The predicted octanol–water partition coefficient (Wildman–Crippen LogP) is 3.99. The quantitative estimate of drug-likeness (QED) is 0.244. The summed E-state index contributed by atoms with van der Waals surface area (Å²) in [6.45, 7) is 6.84. The van der Waals surface area contributed by atoms with Crippen LogP contribution >= 0.6 is 24.0 Å². The topological polar surface area (TPSA) is 74.8 Å². The van der Waals surface area contributed by atoms with Gasteiger partial charge in [0.25, 0.3) is 5.91 Å². The van der Waals surface area contributed by atoms with Crippen molar-refractivity contribution in [3.05, 3.63) is 29.8 Å². The highest BCUT2D eigenvalue weighted by molar-refractivity contribution is 14.0. The van der Waals surface area contributed by atoms with Gasteiger partial charge in [-0.05, 0) is 62.1 Å². The maximum atomic E-state index is 11.8. The molecular weight excluding hydrogens is 491 g/mol. The minimum absolute atomic E-state index is 0. The first-order valence-electron chi connectivity index (χ1n) is 11.2. The Morgan fingerprint density at radius 2 is 1.97 bits per heavy atom. The van der Waals surface area contributed by atoms with E-state index >= 15 is 0 Å². The molecule has 168 valence electrons. The monoisotopic (exact) mass is 528 g/mol. The van der Waals surface area contributed by atoms with Crippen molar-refractivity contribution >= 4 is 35.8 Å². The van der Waals surface area contributed by atoms with Crippen LogP contribution in [0.25, 0.3) is 0 Å². The second-order valence-electron chi connectivity index (χ2n) is 8.39. The van der Waals surface area contributed by atoms with Crippen LogP contribution in [-0.2, 0) is 11.3 Å². The molecule has 2 aliphatic carbocycles. The Hall–Kier alpha value is -1.51. The number of nitrogens with zero attached hydrogens (tertiary/aromatic N) is 1. The standard InChI is InChI=1S/C23H36N4O2.HI/c1-3-23(12-5-6-13-23)17-26-22(24-4-2)25-15-18-8-7-9-20(14-18)29-16-21(28)27-19-10-11-19;/h7-9,14,19H,3-6,10-13,15-17H2,1-2H3,(H,27,28)(H2,24,25,26);1H. The van der Waals surface area contributed by atoms with Crippen LogP contribution in [0.3, 0.4) is 0 Å². The van der Waals surface area contributed by atoms with Gasteiger partial charge in [-0.25, -0.2) is 4.99 Å². The zero-order chi connectivity index (χ0) is 20.5. The van der Waals surface area contributed by atoms with Crippen molar-refractivity contribution < 1.29 is 9.53 Å². The molecule has 0 aliphatic heterocycles. The van der Waals surface area contributed by atoms with E-state index in [1.807, 2.05) is 24.3 Å². The normalized spacial score (nSPS) is 17.7. The van der Waals surface area contributed by atoms with Crippen molar-refractivity contribution in [2.75, 3.05) is 19.7 Å². The molecule has 2 fully saturated rings. The van der Waals surface area contributed by atoms with Gasteiger partial charge in [-0.3, -0.25) is 4.79 Å². The summed E-state index contributed by atoms with van der Waals surface area (Å²) in [4.78, 5) is 16.5. The van der Waals surface area contributed by atoms with Crippen LogP contribution < -0.4 is 20.7 Å². The molecule has 3 N–H and O–H groups in total. The molecule has 0 bridgehead atoms. The Morgan fingerprint density at radius 3 is 2.63 bits per heavy atom. The molecule has 1 aromatic carbocycles. The van der Waals surface area contributed by atoms with E-state index in [-0.39, 0.29) is 36.5 Å². The molecule has 0 atom stereocenters. The van der Waals surface area contributed by atoms with Crippen LogP contribution in [0.15, 0.2) is 29.3 Å². The van der Waals surface area contributed by atoms with Gasteiger partial charge in [-0.15, -0.1) is 24.0 Å². The van der Waals surface area contributed by atoms with Crippen molar-refractivity contribution in [1.29, 1.82) is 0 Å². The third-order valence-electron chi connectivity index (χ3n) is 6.02. The van der Waals surface area contributed by atoms with Crippen molar-refractivity contribution in [3.63, 3.8) is 0 Å². The van der Waals surface area contributed by atoms with E-state index in [0.717, 1.165) is 37.5 Å². The number of benzene rings is 1. The molecule has 7 heteroatoms. The summed E-state index contributed by atoms with van der Waals surface area (Å²) >= 11 is 0. The average Bonchev–Trinajstić information content (AvgIpc) is 3.42. The molecule has 1 amide bonds. The molecule has 0 aromatic heterocycles. The largest absolute Gasteiger partial charge is 0.484 e. The van der Waals surface area contributed by atoms with E-state index in [1.54, 1.807) is 0 Å². The molecule has 1 aromatic rings. The molecule has 6 nitrogen and oxygen atoms in total.